The highest BCUT2D eigenvalue weighted by Crippen LogP contribution is 2.16. The van der Waals surface area contributed by atoms with Gasteiger partial charge in [-0.1, -0.05) is 6.42 Å². The zero-order valence-corrected chi connectivity index (χ0v) is 15.4. The second-order valence-corrected chi connectivity index (χ2v) is 7.04. The maximum Gasteiger partial charge on any atom is 0.274 e. The van der Waals surface area contributed by atoms with Gasteiger partial charge in [-0.2, -0.15) is 4.98 Å². The van der Waals surface area contributed by atoms with E-state index in [1.807, 2.05) is 6.92 Å². The molecule has 1 unspecified atom stereocenters. The van der Waals surface area contributed by atoms with Gasteiger partial charge >= 0.3 is 0 Å². The lowest BCUT2D eigenvalue weighted by molar-refractivity contribution is 0.0943. The molecule has 7 heteroatoms. The maximum absolute atomic E-state index is 12.5. The number of carbonyl (C=O) groups excluding carboxylic acids is 1. The number of aromatic nitrogens is 2. The van der Waals surface area contributed by atoms with E-state index in [2.05, 4.69) is 22.1 Å². The topological polar surface area (TPSA) is 86.9 Å². The third-order valence-electron chi connectivity index (χ3n) is 5.04. The number of hydrogen-bond acceptors (Lipinski definition) is 5. The van der Waals surface area contributed by atoms with E-state index in [1.165, 1.54) is 23.7 Å². The van der Waals surface area contributed by atoms with Crippen molar-refractivity contribution in [2.24, 2.45) is 0 Å². The van der Waals surface area contributed by atoms with Gasteiger partial charge in [-0.15, -0.1) is 0 Å². The van der Waals surface area contributed by atoms with Crippen LogP contribution in [-0.2, 0) is 0 Å². The van der Waals surface area contributed by atoms with Crippen LogP contribution in [0.1, 0.15) is 48.5 Å². The predicted molar refractivity (Wildman–Crippen MR) is 99.7 cm³/mol. The van der Waals surface area contributed by atoms with E-state index in [0.717, 1.165) is 25.1 Å². The zero-order chi connectivity index (χ0) is 18.7. The molecule has 0 saturated carbocycles. The molecular formula is C19H26N4O3. The lowest BCUT2D eigenvalue weighted by Gasteiger charge is -2.33. The minimum atomic E-state index is -0.582. The van der Waals surface area contributed by atoms with E-state index in [1.54, 1.807) is 18.3 Å². The molecule has 1 fully saturated rings. The van der Waals surface area contributed by atoms with Crippen LogP contribution in [0, 0.1) is 6.92 Å². The van der Waals surface area contributed by atoms with Gasteiger partial charge in [-0.05, 0) is 57.4 Å². The Morgan fingerprint density at radius 1 is 1.42 bits per heavy atom. The van der Waals surface area contributed by atoms with Crippen molar-refractivity contribution in [1.82, 2.24) is 19.6 Å². The van der Waals surface area contributed by atoms with E-state index in [0.29, 0.717) is 18.2 Å². The van der Waals surface area contributed by atoms with E-state index in [-0.39, 0.29) is 5.56 Å². The van der Waals surface area contributed by atoms with Crippen LogP contribution in [0.4, 0.5) is 0 Å². The standard InChI is InChI=1S/C19H26N4O3/c1-13-7-11-23-15(12-13)21-18(25)16(19(23)26)17(24)20-8-5-10-22-9-4-3-6-14(22)2/h7,11-12,14,25H,3-6,8-10H2,1-2H3,(H,20,24). The lowest BCUT2D eigenvalue weighted by atomic mass is 10.0. The fourth-order valence-corrected chi connectivity index (χ4v) is 3.49. The quantitative estimate of drug-likeness (QED) is 0.795. The van der Waals surface area contributed by atoms with Crippen LogP contribution in [0.5, 0.6) is 5.88 Å². The van der Waals surface area contributed by atoms with Gasteiger partial charge in [-0.3, -0.25) is 14.0 Å². The van der Waals surface area contributed by atoms with E-state index in [9.17, 15) is 14.7 Å². The van der Waals surface area contributed by atoms with Crippen LogP contribution < -0.4 is 10.9 Å². The molecule has 0 aromatic carbocycles. The number of nitrogens with one attached hydrogen (secondary N) is 1. The van der Waals surface area contributed by atoms with Crippen molar-refractivity contribution < 1.29 is 9.90 Å². The average Bonchev–Trinajstić information content (AvgIpc) is 2.59. The van der Waals surface area contributed by atoms with Crippen LogP contribution in [-0.4, -0.2) is 51.0 Å². The van der Waals surface area contributed by atoms with Crippen molar-refractivity contribution in [2.45, 2.75) is 45.6 Å². The van der Waals surface area contributed by atoms with Gasteiger partial charge in [0, 0.05) is 25.3 Å². The fraction of sp³-hybridized carbons (Fsp3) is 0.526. The summed E-state index contributed by atoms with van der Waals surface area (Å²) in [4.78, 5) is 31.3. The normalized spacial score (nSPS) is 18.2. The summed E-state index contributed by atoms with van der Waals surface area (Å²) in [6, 6.07) is 4.03. The van der Waals surface area contributed by atoms with Gasteiger partial charge in [0.2, 0.25) is 5.88 Å². The molecule has 1 amide bonds. The first kappa shape index (κ1) is 18.4. The Morgan fingerprint density at radius 3 is 3.00 bits per heavy atom. The van der Waals surface area contributed by atoms with Crippen molar-refractivity contribution in [3.8, 4) is 5.88 Å². The second-order valence-electron chi connectivity index (χ2n) is 7.04. The Labute approximate surface area is 152 Å². The number of pyridine rings is 1. The summed E-state index contributed by atoms with van der Waals surface area (Å²) in [6.45, 7) is 6.58. The molecule has 3 heterocycles. The highest BCUT2D eigenvalue weighted by atomic mass is 16.3. The highest BCUT2D eigenvalue weighted by molar-refractivity contribution is 5.96. The van der Waals surface area contributed by atoms with Crippen molar-refractivity contribution >= 4 is 11.6 Å². The number of hydrogen-bond donors (Lipinski definition) is 2. The van der Waals surface area contributed by atoms with Crippen molar-refractivity contribution in [2.75, 3.05) is 19.6 Å². The minimum Gasteiger partial charge on any atom is -0.493 e. The molecule has 0 spiro atoms. The molecule has 1 atom stereocenters. The highest BCUT2D eigenvalue weighted by Gasteiger charge is 2.20. The van der Waals surface area contributed by atoms with E-state index >= 15 is 0 Å². The van der Waals surface area contributed by atoms with Crippen molar-refractivity contribution in [3.63, 3.8) is 0 Å². The number of aromatic hydroxyl groups is 1. The molecule has 2 aromatic heterocycles. The number of likely N-dealkylation sites (tertiary alicyclic amines) is 1. The number of carbonyl (C=O) groups is 1. The molecule has 140 valence electrons. The molecule has 0 aliphatic carbocycles. The Bertz CT molecular complexity index is 862. The van der Waals surface area contributed by atoms with Crippen LogP contribution in [0.2, 0.25) is 0 Å². The van der Waals surface area contributed by atoms with E-state index in [4.69, 9.17) is 0 Å². The summed E-state index contributed by atoms with van der Waals surface area (Å²) >= 11 is 0. The molecule has 0 bridgehead atoms. The first-order valence-electron chi connectivity index (χ1n) is 9.21. The van der Waals surface area contributed by atoms with Crippen LogP contribution >= 0.6 is 0 Å². The minimum absolute atomic E-state index is 0.308. The first-order chi connectivity index (χ1) is 12.5. The second kappa shape index (κ2) is 7.86. The number of fused-ring (bicyclic) bond motifs is 1. The molecule has 1 aliphatic heterocycles. The predicted octanol–water partition coefficient (Wildman–Crippen LogP) is 1.70. The maximum atomic E-state index is 12.5. The van der Waals surface area contributed by atoms with Crippen molar-refractivity contribution in [1.29, 1.82) is 0 Å². The third-order valence-corrected chi connectivity index (χ3v) is 5.04. The van der Waals surface area contributed by atoms with Crippen molar-refractivity contribution in [3.05, 3.63) is 39.8 Å². The smallest absolute Gasteiger partial charge is 0.274 e. The summed E-state index contributed by atoms with van der Waals surface area (Å²) in [5.41, 5.74) is 0.371. The SMILES string of the molecule is Cc1ccn2c(=O)c(C(=O)NCCCN3CCCCC3C)c(O)nc2c1. The number of rotatable bonds is 5. The fourth-order valence-electron chi connectivity index (χ4n) is 3.49. The summed E-state index contributed by atoms with van der Waals surface area (Å²) in [5, 5.41) is 12.8. The zero-order valence-electron chi connectivity index (χ0n) is 15.4. The molecular weight excluding hydrogens is 332 g/mol. The average molecular weight is 358 g/mol. The number of amides is 1. The Hall–Kier alpha value is -2.41. The van der Waals surface area contributed by atoms with Gasteiger partial charge in [0.15, 0.2) is 5.56 Å². The van der Waals surface area contributed by atoms with Crippen LogP contribution in [0.3, 0.4) is 0 Å². The molecule has 1 aliphatic rings. The van der Waals surface area contributed by atoms with E-state index < -0.39 is 17.3 Å². The summed E-state index contributed by atoms with van der Waals surface area (Å²) in [7, 11) is 0. The third kappa shape index (κ3) is 3.88. The molecule has 2 N–H and O–H groups in total. The Kier molecular flexibility index (Phi) is 5.56. The Morgan fingerprint density at radius 2 is 2.23 bits per heavy atom. The van der Waals surface area contributed by atoms with Crippen LogP contribution in [0.15, 0.2) is 23.1 Å². The van der Waals surface area contributed by atoms with Gasteiger partial charge in [0.1, 0.15) is 5.65 Å². The first-order valence-corrected chi connectivity index (χ1v) is 9.21. The molecule has 26 heavy (non-hydrogen) atoms. The van der Waals surface area contributed by atoms with Gasteiger partial charge in [-0.25, -0.2) is 0 Å². The Balaban J connectivity index is 1.64. The number of nitrogens with zero attached hydrogens (tertiary/aromatic N) is 3. The van der Waals surface area contributed by atoms with Gasteiger partial charge in [0.25, 0.3) is 11.5 Å². The summed E-state index contributed by atoms with van der Waals surface area (Å²) < 4.78 is 1.27. The summed E-state index contributed by atoms with van der Waals surface area (Å²) in [5.74, 6) is -1.11. The number of piperidine rings is 1. The monoisotopic (exact) mass is 358 g/mol. The summed E-state index contributed by atoms with van der Waals surface area (Å²) in [6.07, 6.45) is 6.10. The lowest BCUT2D eigenvalue weighted by Crippen LogP contribution is -2.39. The molecule has 2 aromatic rings. The largest absolute Gasteiger partial charge is 0.493 e. The number of aryl methyl sites for hydroxylation is 1. The molecule has 1 saturated heterocycles. The van der Waals surface area contributed by atoms with Gasteiger partial charge in [0.05, 0.1) is 0 Å². The van der Waals surface area contributed by atoms with Gasteiger partial charge < -0.3 is 15.3 Å². The molecule has 3 rings (SSSR count). The van der Waals surface area contributed by atoms with Crippen LogP contribution in [0.25, 0.3) is 5.65 Å². The molecule has 0 radical (unpaired) electrons. The molecule has 7 nitrogen and oxygen atoms in total.